The summed E-state index contributed by atoms with van der Waals surface area (Å²) in [6.07, 6.45) is 5.87. The van der Waals surface area contributed by atoms with Gasteiger partial charge in [0.15, 0.2) is 5.78 Å². The molecule has 2 aromatic carbocycles. The molecule has 0 spiro atoms. The fraction of sp³-hybridized carbons (Fsp3) is 0.400. The number of aliphatic hydroxyl groups is 1. The number of aliphatic hydroxyl groups excluding tert-OH is 1. The van der Waals surface area contributed by atoms with E-state index in [-0.39, 0.29) is 36.6 Å². The summed E-state index contributed by atoms with van der Waals surface area (Å²) in [7, 11) is 0. The molecule has 16 nitrogen and oxygen atoms in total. The number of carbonyl (C=O) groups excluding carboxylic acids is 5. The van der Waals surface area contributed by atoms with Gasteiger partial charge >= 0.3 is 6.03 Å². The minimum Gasteiger partial charge on any atom is -0.388 e. The summed E-state index contributed by atoms with van der Waals surface area (Å²) < 4.78 is 0. The van der Waals surface area contributed by atoms with Gasteiger partial charge in [0.2, 0.25) is 11.8 Å². The minimum absolute atomic E-state index is 0.110. The fourth-order valence-corrected chi connectivity index (χ4v) is 5.47. The quantitative estimate of drug-likeness (QED) is 0.109. The first-order valence-corrected chi connectivity index (χ1v) is 16.9. The molecular formula is C35H42N10O6. The maximum atomic E-state index is 13.1. The molecule has 1 fully saturated rings. The molecule has 2 atom stereocenters. The number of amides is 5. The lowest BCUT2D eigenvalue weighted by Crippen LogP contribution is -2.52. The van der Waals surface area contributed by atoms with E-state index in [1.165, 1.54) is 0 Å². The molecule has 2 unspecified atom stereocenters. The highest BCUT2D eigenvalue weighted by Crippen LogP contribution is 2.16. The van der Waals surface area contributed by atoms with Crippen LogP contribution in [0, 0.1) is 0 Å². The fourth-order valence-electron chi connectivity index (χ4n) is 5.47. The van der Waals surface area contributed by atoms with Gasteiger partial charge in [-0.05, 0) is 36.6 Å². The van der Waals surface area contributed by atoms with Crippen molar-refractivity contribution in [3.05, 3.63) is 83.4 Å². The standard InChI is InChI=1S/C35H42N10O6/c1-2-3-14-44(20-23-7-9-24(10-8-23)30(47)22-46)35(51)39-27-17-37-31(38-18-27)13-15-45-21-28(42-43-45)19-36-26-6-4-5-25(16-26)33(49)40-29-11-12-32(48)41-34(29)50/h4-10,16-18,28-29,36,46H,2-3,11-15,19-22H2,1H3,(H,39,51)(H,40,49)(H,41,48,50). The van der Waals surface area contributed by atoms with E-state index in [0.29, 0.717) is 61.8 Å². The van der Waals surface area contributed by atoms with Crippen molar-refractivity contribution < 1.29 is 29.1 Å². The van der Waals surface area contributed by atoms with Crippen LogP contribution in [0.1, 0.15) is 64.7 Å². The van der Waals surface area contributed by atoms with Gasteiger partial charge in [0.25, 0.3) is 5.91 Å². The number of anilines is 2. The molecule has 1 aromatic heterocycles. The molecule has 3 heterocycles. The summed E-state index contributed by atoms with van der Waals surface area (Å²) >= 11 is 0. The van der Waals surface area contributed by atoms with Crippen LogP contribution in [0.15, 0.2) is 71.3 Å². The zero-order valence-corrected chi connectivity index (χ0v) is 28.4. The van der Waals surface area contributed by atoms with Crippen molar-refractivity contribution in [1.29, 1.82) is 0 Å². The Morgan fingerprint density at radius 2 is 1.82 bits per heavy atom. The predicted molar refractivity (Wildman–Crippen MR) is 187 cm³/mol. The maximum absolute atomic E-state index is 13.1. The number of Topliss-reactive ketones (excluding diaryl/α,β-unsaturated/α-hetero) is 1. The molecule has 268 valence electrons. The van der Waals surface area contributed by atoms with Crippen LogP contribution < -0.4 is 21.3 Å². The number of carbonyl (C=O) groups is 5. The highest BCUT2D eigenvalue weighted by Gasteiger charge is 2.28. The number of unbranched alkanes of at least 4 members (excludes halogenated alkanes) is 1. The monoisotopic (exact) mass is 698 g/mol. The van der Waals surface area contributed by atoms with Gasteiger partial charge in [-0.3, -0.25) is 29.5 Å². The third-order valence-corrected chi connectivity index (χ3v) is 8.39. The lowest BCUT2D eigenvalue weighted by atomic mass is 10.1. The second-order valence-electron chi connectivity index (χ2n) is 12.3. The van der Waals surface area contributed by atoms with Crippen LogP contribution in [0.4, 0.5) is 16.2 Å². The number of aromatic nitrogens is 2. The van der Waals surface area contributed by atoms with Crippen LogP contribution in [-0.4, -0.2) is 99.4 Å². The number of benzene rings is 2. The summed E-state index contributed by atoms with van der Waals surface area (Å²) in [6, 6.07) is 12.6. The number of hydrogen-bond donors (Lipinski definition) is 5. The maximum Gasteiger partial charge on any atom is 0.322 e. The third kappa shape index (κ3) is 10.6. The van der Waals surface area contributed by atoms with Gasteiger partial charge in [-0.2, -0.15) is 5.11 Å². The van der Waals surface area contributed by atoms with Crippen molar-refractivity contribution >= 4 is 40.9 Å². The van der Waals surface area contributed by atoms with Crippen LogP contribution in [-0.2, 0) is 22.6 Å². The Hall–Kier alpha value is -5.77. The van der Waals surface area contributed by atoms with Crippen LogP contribution in [0.2, 0.25) is 0 Å². The van der Waals surface area contributed by atoms with E-state index in [9.17, 15) is 24.0 Å². The molecule has 0 bridgehead atoms. The molecule has 2 aliphatic rings. The normalized spacial score (nSPS) is 16.8. The molecule has 16 heteroatoms. The summed E-state index contributed by atoms with van der Waals surface area (Å²) in [5.41, 5.74) is 2.86. The summed E-state index contributed by atoms with van der Waals surface area (Å²) in [5, 5.41) is 30.6. The average Bonchev–Trinajstić information content (AvgIpc) is 3.61. The Balaban J connectivity index is 1.04. The molecular weight excluding hydrogens is 656 g/mol. The van der Waals surface area contributed by atoms with Gasteiger partial charge in [-0.25, -0.2) is 14.8 Å². The zero-order chi connectivity index (χ0) is 36.2. The third-order valence-electron chi connectivity index (χ3n) is 8.39. The summed E-state index contributed by atoms with van der Waals surface area (Å²) in [4.78, 5) is 71.5. The summed E-state index contributed by atoms with van der Waals surface area (Å²) in [5.74, 6) is -0.999. The second kappa shape index (κ2) is 17.8. The van der Waals surface area contributed by atoms with E-state index in [0.717, 1.165) is 24.1 Å². The molecule has 3 aromatic rings. The molecule has 1 saturated heterocycles. The number of nitrogens with one attached hydrogen (secondary N) is 4. The van der Waals surface area contributed by atoms with Gasteiger partial charge in [0.1, 0.15) is 24.5 Å². The second-order valence-corrected chi connectivity index (χ2v) is 12.3. The van der Waals surface area contributed by atoms with Gasteiger partial charge in [0, 0.05) is 55.8 Å². The molecule has 0 radical (unpaired) electrons. The molecule has 0 aliphatic carbocycles. The van der Waals surface area contributed by atoms with Crippen molar-refractivity contribution in [2.75, 3.05) is 43.4 Å². The van der Waals surface area contributed by atoms with Gasteiger partial charge in [-0.15, -0.1) is 0 Å². The molecule has 51 heavy (non-hydrogen) atoms. The van der Waals surface area contributed by atoms with Crippen molar-refractivity contribution in [3.63, 3.8) is 0 Å². The van der Waals surface area contributed by atoms with Crippen LogP contribution in [0.25, 0.3) is 0 Å². The van der Waals surface area contributed by atoms with Crippen molar-refractivity contribution in [1.82, 2.24) is 30.5 Å². The molecule has 0 saturated carbocycles. The topological polar surface area (TPSA) is 211 Å². The SMILES string of the molecule is CCCCN(Cc1ccc(C(=O)CO)cc1)C(=O)Nc1cnc(CCN2CC(CNc3cccc(C(=O)NC4CCC(=O)NC4=O)c3)N=N2)nc1. The first-order valence-electron chi connectivity index (χ1n) is 16.9. The Morgan fingerprint density at radius 1 is 1.04 bits per heavy atom. The van der Waals surface area contributed by atoms with Crippen LogP contribution in [0.3, 0.4) is 0 Å². The Bertz CT molecular complexity index is 1730. The van der Waals surface area contributed by atoms with E-state index in [1.807, 2.05) is 11.1 Å². The smallest absolute Gasteiger partial charge is 0.322 e. The number of urea groups is 1. The molecule has 5 N–H and O–H groups in total. The van der Waals surface area contributed by atoms with Crippen LogP contribution >= 0.6 is 0 Å². The largest absolute Gasteiger partial charge is 0.388 e. The first-order chi connectivity index (χ1) is 24.7. The number of rotatable bonds is 16. The van der Waals surface area contributed by atoms with Gasteiger partial charge in [0.05, 0.1) is 24.6 Å². The van der Waals surface area contributed by atoms with E-state index in [1.54, 1.807) is 59.8 Å². The van der Waals surface area contributed by atoms with Gasteiger partial charge < -0.3 is 26.0 Å². The summed E-state index contributed by atoms with van der Waals surface area (Å²) in [6.45, 7) is 4.04. The highest BCUT2D eigenvalue weighted by atomic mass is 16.3. The number of piperidine rings is 1. The van der Waals surface area contributed by atoms with Crippen molar-refractivity contribution in [3.8, 4) is 0 Å². The highest BCUT2D eigenvalue weighted by molar-refractivity contribution is 6.04. The number of imide groups is 1. The molecule has 5 rings (SSSR count). The van der Waals surface area contributed by atoms with Gasteiger partial charge in [-0.1, -0.05) is 48.9 Å². The first kappa shape index (κ1) is 36.5. The van der Waals surface area contributed by atoms with E-state index >= 15 is 0 Å². The predicted octanol–water partition coefficient (Wildman–Crippen LogP) is 2.73. The van der Waals surface area contributed by atoms with Crippen LogP contribution in [0.5, 0.6) is 0 Å². The zero-order valence-electron chi connectivity index (χ0n) is 28.4. The lowest BCUT2D eigenvalue weighted by Gasteiger charge is -2.23. The number of nitrogens with zero attached hydrogens (tertiary/aromatic N) is 6. The average molecular weight is 699 g/mol. The number of ketones is 1. The van der Waals surface area contributed by atoms with E-state index in [4.69, 9.17) is 5.11 Å². The Labute approximate surface area is 295 Å². The number of hydrogen-bond acceptors (Lipinski definition) is 12. The van der Waals surface area contributed by atoms with E-state index < -0.39 is 24.5 Å². The molecule has 2 aliphatic heterocycles. The molecule has 5 amide bonds. The van der Waals surface area contributed by atoms with Crippen molar-refractivity contribution in [2.24, 2.45) is 10.3 Å². The Morgan fingerprint density at radius 3 is 2.55 bits per heavy atom. The lowest BCUT2D eigenvalue weighted by molar-refractivity contribution is -0.134. The van der Waals surface area contributed by atoms with E-state index in [2.05, 4.69) is 48.5 Å². The minimum atomic E-state index is -0.748. The Kier molecular flexibility index (Phi) is 12.7. The van der Waals surface area contributed by atoms with Crippen molar-refractivity contribution in [2.45, 2.75) is 57.7 Å².